The zero-order valence-electron chi connectivity index (χ0n) is 11.5. The van der Waals surface area contributed by atoms with Crippen LogP contribution in [0.3, 0.4) is 0 Å². The van der Waals surface area contributed by atoms with E-state index in [1.54, 1.807) is 0 Å². The summed E-state index contributed by atoms with van der Waals surface area (Å²) < 4.78 is 0. The van der Waals surface area contributed by atoms with E-state index in [-0.39, 0.29) is 6.03 Å². The largest absolute Gasteiger partial charge is 0.323 e. The van der Waals surface area contributed by atoms with Crippen LogP contribution in [0.4, 0.5) is 9.93 Å². The summed E-state index contributed by atoms with van der Waals surface area (Å²) in [6.07, 6.45) is 6.34. The number of carbonyl (C=O) groups excluding carboxylic acids is 1. The summed E-state index contributed by atoms with van der Waals surface area (Å²) in [6, 6.07) is -0.0335. The maximum atomic E-state index is 12.1. The maximum absolute atomic E-state index is 12.1. The van der Waals surface area contributed by atoms with Gasteiger partial charge in [0.2, 0.25) is 5.13 Å². The van der Waals surface area contributed by atoms with E-state index in [4.69, 9.17) is 0 Å². The average Bonchev–Trinajstić information content (AvgIpc) is 3.12. The second-order valence-corrected chi connectivity index (χ2v) is 7.67. The number of urea groups is 1. The van der Waals surface area contributed by atoms with Gasteiger partial charge in [0.25, 0.3) is 0 Å². The Labute approximate surface area is 127 Å². The number of thioether (sulfide) groups is 1. The molecule has 2 heterocycles. The molecular weight excluding hydrogens is 292 g/mol. The van der Waals surface area contributed by atoms with Gasteiger partial charge in [0, 0.05) is 31.0 Å². The summed E-state index contributed by atoms with van der Waals surface area (Å²) in [7, 11) is 0. The molecule has 0 bridgehead atoms. The third-order valence-corrected chi connectivity index (χ3v) is 5.72. The molecule has 1 N–H and O–H groups in total. The highest BCUT2D eigenvalue weighted by molar-refractivity contribution is 7.99. The number of rotatable bonds is 3. The van der Waals surface area contributed by atoms with Gasteiger partial charge in [0.05, 0.1) is 0 Å². The fraction of sp³-hybridized carbons (Fsp3) is 0.769. The highest BCUT2D eigenvalue weighted by Crippen LogP contribution is 2.29. The van der Waals surface area contributed by atoms with Gasteiger partial charge in [0.15, 0.2) is 0 Å². The molecule has 110 valence electrons. The Kier molecular flexibility index (Phi) is 4.77. The molecular formula is C13H20N4OS2. The van der Waals surface area contributed by atoms with Crippen LogP contribution < -0.4 is 5.32 Å². The highest BCUT2D eigenvalue weighted by Gasteiger charge is 2.20. The van der Waals surface area contributed by atoms with Crippen LogP contribution in [-0.2, 0) is 6.42 Å². The van der Waals surface area contributed by atoms with Crippen LogP contribution in [-0.4, -0.2) is 45.7 Å². The van der Waals surface area contributed by atoms with Crippen molar-refractivity contribution in [1.82, 2.24) is 15.1 Å². The van der Waals surface area contributed by atoms with E-state index in [9.17, 15) is 4.79 Å². The second kappa shape index (κ2) is 6.76. The van der Waals surface area contributed by atoms with Crippen molar-refractivity contribution in [2.45, 2.75) is 32.1 Å². The minimum absolute atomic E-state index is 0.0335. The summed E-state index contributed by atoms with van der Waals surface area (Å²) in [4.78, 5) is 13.9. The van der Waals surface area contributed by atoms with Crippen molar-refractivity contribution < 1.29 is 4.79 Å². The number of nitrogens with zero attached hydrogens (tertiary/aromatic N) is 3. The van der Waals surface area contributed by atoms with Gasteiger partial charge in [-0.3, -0.25) is 5.32 Å². The van der Waals surface area contributed by atoms with Crippen LogP contribution in [0.15, 0.2) is 0 Å². The first kappa shape index (κ1) is 14.1. The Hall–Kier alpha value is -0.820. The Morgan fingerprint density at radius 3 is 2.75 bits per heavy atom. The van der Waals surface area contributed by atoms with Crippen LogP contribution in [0.5, 0.6) is 0 Å². The minimum Gasteiger partial charge on any atom is -0.323 e. The molecule has 1 aromatic rings. The molecule has 1 aliphatic heterocycles. The molecule has 0 aromatic carbocycles. The molecule has 0 unspecified atom stereocenters. The second-order valence-electron chi connectivity index (χ2n) is 5.39. The van der Waals surface area contributed by atoms with Crippen molar-refractivity contribution in [3.8, 4) is 0 Å². The number of hydrogen-bond acceptors (Lipinski definition) is 5. The van der Waals surface area contributed by atoms with Gasteiger partial charge in [-0.2, -0.15) is 11.8 Å². The molecule has 2 fully saturated rings. The van der Waals surface area contributed by atoms with Crippen molar-refractivity contribution in [2.24, 2.45) is 5.92 Å². The molecule has 0 radical (unpaired) electrons. The fourth-order valence-electron chi connectivity index (χ4n) is 2.79. The highest BCUT2D eigenvalue weighted by atomic mass is 32.2. The molecule has 1 aliphatic carbocycles. The summed E-state index contributed by atoms with van der Waals surface area (Å²) >= 11 is 3.42. The van der Waals surface area contributed by atoms with E-state index in [1.807, 2.05) is 16.7 Å². The number of amides is 2. The molecule has 3 rings (SSSR count). The summed E-state index contributed by atoms with van der Waals surface area (Å²) in [6.45, 7) is 1.65. The molecule has 1 saturated carbocycles. The fourth-order valence-corrected chi connectivity index (χ4v) is 4.53. The molecule has 2 amide bonds. The van der Waals surface area contributed by atoms with Gasteiger partial charge in [-0.1, -0.05) is 37.0 Å². The van der Waals surface area contributed by atoms with Gasteiger partial charge in [-0.05, 0) is 5.92 Å². The van der Waals surface area contributed by atoms with Gasteiger partial charge >= 0.3 is 6.03 Å². The summed E-state index contributed by atoms with van der Waals surface area (Å²) in [5.41, 5.74) is 0. The van der Waals surface area contributed by atoms with E-state index in [2.05, 4.69) is 15.5 Å². The number of aromatic nitrogens is 2. The molecule has 7 heteroatoms. The number of nitrogens with one attached hydrogen (secondary N) is 1. The normalized spacial score (nSPS) is 20.3. The zero-order chi connectivity index (χ0) is 13.8. The Bertz CT molecular complexity index is 453. The number of hydrogen-bond donors (Lipinski definition) is 1. The molecule has 2 aliphatic rings. The van der Waals surface area contributed by atoms with Crippen molar-refractivity contribution in [2.75, 3.05) is 29.9 Å². The molecule has 0 spiro atoms. The van der Waals surface area contributed by atoms with E-state index >= 15 is 0 Å². The van der Waals surface area contributed by atoms with Crippen LogP contribution in [0.2, 0.25) is 0 Å². The average molecular weight is 312 g/mol. The van der Waals surface area contributed by atoms with E-state index in [0.717, 1.165) is 41.9 Å². The monoisotopic (exact) mass is 312 g/mol. The number of carbonyl (C=O) groups is 1. The van der Waals surface area contributed by atoms with Crippen LogP contribution in [0.25, 0.3) is 0 Å². The Balaban J connectivity index is 1.52. The predicted molar refractivity (Wildman–Crippen MR) is 83.5 cm³/mol. The van der Waals surface area contributed by atoms with Gasteiger partial charge in [0.1, 0.15) is 5.01 Å². The molecule has 1 saturated heterocycles. The third-order valence-electron chi connectivity index (χ3n) is 3.92. The topological polar surface area (TPSA) is 58.1 Å². The first-order valence-corrected chi connectivity index (χ1v) is 9.24. The quantitative estimate of drug-likeness (QED) is 0.932. The lowest BCUT2D eigenvalue weighted by Crippen LogP contribution is -2.40. The molecule has 1 aromatic heterocycles. The Morgan fingerprint density at radius 2 is 2.00 bits per heavy atom. The van der Waals surface area contributed by atoms with Crippen LogP contribution in [0, 0.1) is 5.92 Å². The van der Waals surface area contributed by atoms with E-state index in [1.165, 1.54) is 37.0 Å². The van der Waals surface area contributed by atoms with Gasteiger partial charge in [-0.15, -0.1) is 10.2 Å². The van der Waals surface area contributed by atoms with E-state index < -0.39 is 0 Å². The summed E-state index contributed by atoms with van der Waals surface area (Å²) in [5.74, 6) is 2.82. The molecule has 0 atom stereocenters. The van der Waals surface area contributed by atoms with Crippen LogP contribution in [0.1, 0.15) is 30.7 Å². The van der Waals surface area contributed by atoms with Crippen molar-refractivity contribution >= 4 is 34.3 Å². The Morgan fingerprint density at radius 1 is 1.25 bits per heavy atom. The van der Waals surface area contributed by atoms with Crippen LogP contribution >= 0.6 is 23.1 Å². The lowest BCUT2D eigenvalue weighted by atomic mass is 10.1. The predicted octanol–water partition coefficient (Wildman–Crippen LogP) is 2.85. The minimum atomic E-state index is -0.0335. The van der Waals surface area contributed by atoms with Crippen molar-refractivity contribution in [3.05, 3.63) is 5.01 Å². The lowest BCUT2D eigenvalue weighted by molar-refractivity contribution is 0.217. The zero-order valence-corrected chi connectivity index (χ0v) is 13.1. The molecule has 20 heavy (non-hydrogen) atoms. The lowest BCUT2D eigenvalue weighted by Gasteiger charge is -2.25. The van der Waals surface area contributed by atoms with Crippen molar-refractivity contribution in [1.29, 1.82) is 0 Å². The number of anilines is 1. The maximum Gasteiger partial charge on any atom is 0.323 e. The standard InChI is InChI=1S/C13H20N4OS2/c18-13(17-5-7-19-8-6-17)14-12-16-15-11(20-12)9-10-3-1-2-4-10/h10H,1-9H2,(H,14,16,18). The first-order valence-electron chi connectivity index (χ1n) is 7.27. The third kappa shape index (κ3) is 3.63. The SMILES string of the molecule is O=C(Nc1nnc(CC2CCCC2)s1)N1CCSCC1. The van der Waals surface area contributed by atoms with Gasteiger partial charge in [-0.25, -0.2) is 4.79 Å². The first-order chi connectivity index (χ1) is 9.81. The van der Waals surface area contributed by atoms with E-state index in [0.29, 0.717) is 5.13 Å². The summed E-state index contributed by atoms with van der Waals surface area (Å²) in [5, 5.41) is 12.9. The smallest absolute Gasteiger partial charge is 0.323 e. The van der Waals surface area contributed by atoms with Crippen molar-refractivity contribution in [3.63, 3.8) is 0 Å². The van der Waals surface area contributed by atoms with Gasteiger partial charge < -0.3 is 4.90 Å². The molecule has 5 nitrogen and oxygen atoms in total.